The number of aliphatic hydroxyl groups excluding tert-OH is 1. The van der Waals surface area contributed by atoms with E-state index in [0.29, 0.717) is 16.7 Å². The molecule has 0 radical (unpaired) electrons. The van der Waals surface area contributed by atoms with E-state index in [1.54, 1.807) is 30.5 Å². The maximum atomic E-state index is 9.70. The molecule has 0 amide bonds. The van der Waals surface area contributed by atoms with Crippen LogP contribution in [0.15, 0.2) is 53.5 Å². The largest absolute Gasteiger partial charge is 0.366 e. The Labute approximate surface area is 133 Å². The number of rotatable bonds is 6. The van der Waals surface area contributed by atoms with Crippen molar-refractivity contribution in [1.82, 2.24) is 0 Å². The summed E-state index contributed by atoms with van der Waals surface area (Å²) in [4.78, 5) is 4.13. The van der Waals surface area contributed by atoms with Crippen LogP contribution in [0.1, 0.15) is 11.1 Å². The predicted octanol–water partition coefficient (Wildman–Crippen LogP) is 3.95. The SMILES string of the molecule is OC(CN=Cc1ccc(Cl)cc1)OCc1ccc(Cl)cc1. The van der Waals surface area contributed by atoms with Crippen LogP contribution in [0.3, 0.4) is 0 Å². The van der Waals surface area contributed by atoms with E-state index in [4.69, 9.17) is 27.9 Å². The molecule has 0 fully saturated rings. The number of ether oxygens (including phenoxy) is 1. The normalized spacial score (nSPS) is 12.7. The number of aliphatic hydroxyl groups is 1. The van der Waals surface area contributed by atoms with E-state index in [0.717, 1.165) is 11.1 Å². The molecule has 3 nitrogen and oxygen atoms in total. The second kappa shape index (κ2) is 8.15. The third-order valence-corrected chi connectivity index (χ3v) is 3.23. The van der Waals surface area contributed by atoms with Gasteiger partial charge in [-0.3, -0.25) is 4.99 Å². The Morgan fingerprint density at radius 1 is 1.00 bits per heavy atom. The summed E-state index contributed by atoms with van der Waals surface area (Å²) in [6.07, 6.45) is 0.731. The van der Waals surface area contributed by atoms with E-state index in [1.165, 1.54) is 0 Å². The summed E-state index contributed by atoms with van der Waals surface area (Å²) in [5.41, 5.74) is 1.87. The van der Waals surface area contributed by atoms with Crippen LogP contribution >= 0.6 is 23.2 Å². The molecule has 110 valence electrons. The van der Waals surface area contributed by atoms with Crippen molar-refractivity contribution in [3.8, 4) is 0 Å². The van der Waals surface area contributed by atoms with Gasteiger partial charge in [-0.25, -0.2) is 0 Å². The summed E-state index contributed by atoms with van der Waals surface area (Å²) < 4.78 is 5.30. The number of nitrogens with zero attached hydrogens (tertiary/aromatic N) is 1. The molecule has 0 saturated heterocycles. The summed E-state index contributed by atoms with van der Waals surface area (Å²) in [5.74, 6) is 0. The van der Waals surface area contributed by atoms with Gasteiger partial charge in [0.15, 0.2) is 6.29 Å². The molecule has 0 aliphatic rings. The Morgan fingerprint density at radius 2 is 1.57 bits per heavy atom. The van der Waals surface area contributed by atoms with E-state index >= 15 is 0 Å². The summed E-state index contributed by atoms with van der Waals surface area (Å²) in [6, 6.07) is 14.6. The van der Waals surface area contributed by atoms with Crippen molar-refractivity contribution >= 4 is 29.4 Å². The fourth-order valence-electron chi connectivity index (χ4n) is 1.62. The third-order valence-electron chi connectivity index (χ3n) is 2.73. The first-order chi connectivity index (χ1) is 10.1. The molecule has 2 aromatic carbocycles. The van der Waals surface area contributed by atoms with Crippen molar-refractivity contribution in [1.29, 1.82) is 0 Å². The fourth-order valence-corrected chi connectivity index (χ4v) is 1.87. The van der Waals surface area contributed by atoms with Gasteiger partial charge in [0.1, 0.15) is 0 Å². The van der Waals surface area contributed by atoms with Gasteiger partial charge in [-0.15, -0.1) is 0 Å². The minimum atomic E-state index is -0.941. The highest BCUT2D eigenvalue weighted by molar-refractivity contribution is 6.30. The number of hydrogen-bond donors (Lipinski definition) is 1. The predicted molar refractivity (Wildman–Crippen MR) is 86.2 cm³/mol. The molecule has 21 heavy (non-hydrogen) atoms. The van der Waals surface area contributed by atoms with Crippen LogP contribution in [-0.2, 0) is 11.3 Å². The molecule has 5 heteroatoms. The molecule has 1 atom stereocenters. The first kappa shape index (κ1) is 16.0. The van der Waals surface area contributed by atoms with Gasteiger partial charge in [0.05, 0.1) is 13.2 Å². The lowest BCUT2D eigenvalue weighted by Crippen LogP contribution is -2.15. The molecular formula is C16H15Cl2NO2. The number of benzene rings is 2. The summed E-state index contributed by atoms with van der Waals surface area (Å²) in [7, 11) is 0. The van der Waals surface area contributed by atoms with E-state index in [1.807, 2.05) is 24.3 Å². The maximum Gasteiger partial charge on any atom is 0.174 e. The monoisotopic (exact) mass is 323 g/mol. The van der Waals surface area contributed by atoms with Crippen LogP contribution in [-0.4, -0.2) is 24.2 Å². The van der Waals surface area contributed by atoms with E-state index < -0.39 is 6.29 Å². The van der Waals surface area contributed by atoms with Gasteiger partial charge in [-0.1, -0.05) is 47.5 Å². The van der Waals surface area contributed by atoms with E-state index in [-0.39, 0.29) is 6.54 Å². The molecular weight excluding hydrogens is 309 g/mol. The lowest BCUT2D eigenvalue weighted by Gasteiger charge is -2.09. The first-order valence-corrected chi connectivity index (χ1v) is 7.18. The van der Waals surface area contributed by atoms with Crippen LogP contribution in [0.25, 0.3) is 0 Å². The van der Waals surface area contributed by atoms with Gasteiger partial charge in [-0.05, 0) is 35.4 Å². The highest BCUT2D eigenvalue weighted by Gasteiger charge is 2.03. The lowest BCUT2D eigenvalue weighted by molar-refractivity contribution is -0.0996. The molecule has 0 aromatic heterocycles. The molecule has 0 heterocycles. The average molecular weight is 324 g/mol. The Morgan fingerprint density at radius 3 is 2.19 bits per heavy atom. The summed E-state index contributed by atoms with van der Waals surface area (Å²) in [5, 5.41) is 11.1. The van der Waals surface area contributed by atoms with Gasteiger partial charge in [0.25, 0.3) is 0 Å². The van der Waals surface area contributed by atoms with Gasteiger partial charge >= 0.3 is 0 Å². The van der Waals surface area contributed by atoms with Crippen LogP contribution in [0.4, 0.5) is 0 Å². The van der Waals surface area contributed by atoms with Crippen LogP contribution in [0, 0.1) is 0 Å². The molecule has 0 spiro atoms. The number of halogens is 2. The van der Waals surface area contributed by atoms with Crippen molar-refractivity contribution in [3.05, 3.63) is 69.7 Å². The molecule has 0 saturated carbocycles. The molecule has 2 aromatic rings. The van der Waals surface area contributed by atoms with Crippen molar-refractivity contribution in [2.45, 2.75) is 12.9 Å². The smallest absolute Gasteiger partial charge is 0.174 e. The Kier molecular flexibility index (Phi) is 6.21. The number of hydrogen-bond acceptors (Lipinski definition) is 3. The van der Waals surface area contributed by atoms with E-state index in [9.17, 15) is 5.11 Å². The molecule has 0 aliphatic carbocycles. The van der Waals surface area contributed by atoms with Crippen molar-refractivity contribution in [2.24, 2.45) is 4.99 Å². The Bertz CT molecular complexity index is 582. The fraction of sp³-hybridized carbons (Fsp3) is 0.188. The molecule has 0 bridgehead atoms. The standard InChI is InChI=1S/C16H15Cl2NO2/c17-14-5-1-12(2-6-14)9-19-10-16(20)21-11-13-3-7-15(18)8-4-13/h1-9,16,20H,10-11H2. The quantitative estimate of drug-likeness (QED) is 0.646. The van der Waals surface area contributed by atoms with Crippen molar-refractivity contribution in [3.63, 3.8) is 0 Å². The molecule has 1 unspecified atom stereocenters. The molecule has 2 rings (SSSR count). The van der Waals surface area contributed by atoms with Crippen molar-refractivity contribution in [2.75, 3.05) is 6.54 Å². The van der Waals surface area contributed by atoms with Gasteiger partial charge in [0, 0.05) is 16.3 Å². The number of aliphatic imine (C=N–C) groups is 1. The minimum absolute atomic E-state index is 0.177. The van der Waals surface area contributed by atoms with Crippen LogP contribution in [0.5, 0.6) is 0 Å². The maximum absolute atomic E-state index is 9.70. The molecule has 0 aliphatic heterocycles. The molecule has 1 N–H and O–H groups in total. The topological polar surface area (TPSA) is 41.8 Å². The minimum Gasteiger partial charge on any atom is -0.366 e. The van der Waals surface area contributed by atoms with Gasteiger partial charge in [0.2, 0.25) is 0 Å². The Balaban J connectivity index is 1.75. The average Bonchev–Trinajstić information content (AvgIpc) is 2.49. The van der Waals surface area contributed by atoms with Gasteiger partial charge < -0.3 is 9.84 Å². The van der Waals surface area contributed by atoms with Crippen molar-refractivity contribution < 1.29 is 9.84 Å². The van der Waals surface area contributed by atoms with Crippen LogP contribution in [0.2, 0.25) is 10.0 Å². The summed E-state index contributed by atoms with van der Waals surface area (Å²) in [6.45, 7) is 0.491. The zero-order chi connectivity index (χ0) is 15.1. The van der Waals surface area contributed by atoms with E-state index in [2.05, 4.69) is 4.99 Å². The second-order valence-corrected chi connectivity index (χ2v) is 5.31. The van der Waals surface area contributed by atoms with Crippen LogP contribution < -0.4 is 0 Å². The summed E-state index contributed by atoms with van der Waals surface area (Å²) >= 11 is 11.6. The third kappa shape index (κ3) is 5.86. The zero-order valence-electron chi connectivity index (χ0n) is 11.2. The first-order valence-electron chi connectivity index (χ1n) is 6.43. The highest BCUT2D eigenvalue weighted by atomic mass is 35.5. The second-order valence-electron chi connectivity index (χ2n) is 4.44. The van der Waals surface area contributed by atoms with Gasteiger partial charge in [-0.2, -0.15) is 0 Å². The highest BCUT2D eigenvalue weighted by Crippen LogP contribution is 2.11. The zero-order valence-corrected chi connectivity index (χ0v) is 12.8. The lowest BCUT2D eigenvalue weighted by atomic mass is 10.2. The Hall–Kier alpha value is -1.39.